The number of aromatic nitrogens is 1. The number of amides is 1. The van der Waals surface area contributed by atoms with Crippen LogP contribution in [0.2, 0.25) is 5.02 Å². The molecule has 0 saturated carbocycles. The maximum absolute atomic E-state index is 12.1. The van der Waals surface area contributed by atoms with Crippen molar-refractivity contribution in [1.29, 1.82) is 0 Å². The Morgan fingerprint density at radius 1 is 1.19 bits per heavy atom. The number of nitrogens with two attached hydrogens (primary N) is 1. The molecule has 0 bridgehead atoms. The summed E-state index contributed by atoms with van der Waals surface area (Å²) < 4.78 is 0. The SMILES string of the molecule is Nc1ccc(NC(=O)Cc2ccc3[nH]ccc3c2)c(Cl)c1. The van der Waals surface area contributed by atoms with Crippen LogP contribution in [0.1, 0.15) is 5.56 Å². The Hall–Kier alpha value is -2.46. The van der Waals surface area contributed by atoms with Gasteiger partial charge in [-0.2, -0.15) is 0 Å². The quantitative estimate of drug-likeness (QED) is 0.647. The molecule has 21 heavy (non-hydrogen) atoms. The van der Waals surface area contributed by atoms with Gasteiger partial charge >= 0.3 is 0 Å². The van der Waals surface area contributed by atoms with E-state index in [0.717, 1.165) is 16.5 Å². The third kappa shape index (κ3) is 3.01. The molecule has 0 saturated heterocycles. The minimum atomic E-state index is -0.114. The van der Waals surface area contributed by atoms with Crippen LogP contribution in [0.15, 0.2) is 48.7 Å². The number of hydrogen-bond donors (Lipinski definition) is 3. The fraction of sp³-hybridized carbons (Fsp3) is 0.0625. The largest absolute Gasteiger partial charge is 0.399 e. The number of rotatable bonds is 3. The molecule has 0 aliphatic rings. The molecule has 1 amide bonds. The lowest BCUT2D eigenvalue weighted by Gasteiger charge is -2.08. The molecule has 1 heterocycles. The van der Waals surface area contributed by atoms with Crippen LogP contribution in [-0.2, 0) is 11.2 Å². The van der Waals surface area contributed by atoms with Crippen LogP contribution < -0.4 is 11.1 Å². The summed E-state index contributed by atoms with van der Waals surface area (Å²) in [5.74, 6) is -0.114. The Morgan fingerprint density at radius 3 is 2.86 bits per heavy atom. The van der Waals surface area contributed by atoms with Gasteiger partial charge in [0.15, 0.2) is 0 Å². The molecule has 0 fully saturated rings. The fourth-order valence-electron chi connectivity index (χ4n) is 2.23. The molecule has 0 aliphatic heterocycles. The smallest absolute Gasteiger partial charge is 0.228 e. The topological polar surface area (TPSA) is 70.9 Å². The van der Waals surface area contributed by atoms with E-state index < -0.39 is 0 Å². The van der Waals surface area contributed by atoms with E-state index >= 15 is 0 Å². The van der Waals surface area contributed by atoms with E-state index in [1.165, 1.54) is 0 Å². The third-order valence-electron chi connectivity index (χ3n) is 3.25. The lowest BCUT2D eigenvalue weighted by molar-refractivity contribution is -0.115. The van der Waals surface area contributed by atoms with Crippen molar-refractivity contribution in [2.24, 2.45) is 0 Å². The third-order valence-corrected chi connectivity index (χ3v) is 3.56. The van der Waals surface area contributed by atoms with E-state index in [1.54, 1.807) is 18.2 Å². The summed E-state index contributed by atoms with van der Waals surface area (Å²) in [5, 5.41) is 4.32. The van der Waals surface area contributed by atoms with Crippen LogP contribution in [0, 0.1) is 0 Å². The van der Waals surface area contributed by atoms with Crippen molar-refractivity contribution >= 4 is 39.8 Å². The van der Waals surface area contributed by atoms with Crippen molar-refractivity contribution in [3.63, 3.8) is 0 Å². The van der Waals surface area contributed by atoms with E-state index in [2.05, 4.69) is 10.3 Å². The van der Waals surface area contributed by atoms with E-state index in [-0.39, 0.29) is 5.91 Å². The summed E-state index contributed by atoms with van der Waals surface area (Å²) in [6.45, 7) is 0. The highest BCUT2D eigenvalue weighted by Gasteiger charge is 2.08. The lowest BCUT2D eigenvalue weighted by atomic mass is 10.1. The molecule has 0 atom stereocenters. The maximum atomic E-state index is 12.1. The molecule has 5 heteroatoms. The lowest BCUT2D eigenvalue weighted by Crippen LogP contribution is -2.14. The average molecular weight is 300 g/mol. The summed E-state index contributed by atoms with van der Waals surface area (Å²) in [6.07, 6.45) is 2.17. The number of fused-ring (bicyclic) bond motifs is 1. The second-order valence-electron chi connectivity index (χ2n) is 4.86. The fourth-order valence-corrected chi connectivity index (χ4v) is 2.46. The summed E-state index contributed by atoms with van der Waals surface area (Å²) >= 11 is 6.04. The predicted octanol–water partition coefficient (Wildman–Crippen LogP) is 3.58. The zero-order valence-corrected chi connectivity index (χ0v) is 11.9. The van der Waals surface area contributed by atoms with Crippen molar-refractivity contribution in [1.82, 2.24) is 4.98 Å². The number of hydrogen-bond acceptors (Lipinski definition) is 2. The zero-order valence-electron chi connectivity index (χ0n) is 11.2. The van der Waals surface area contributed by atoms with Crippen LogP contribution in [-0.4, -0.2) is 10.9 Å². The number of nitrogen functional groups attached to an aromatic ring is 1. The van der Waals surface area contributed by atoms with Gasteiger partial charge in [-0.1, -0.05) is 17.7 Å². The van der Waals surface area contributed by atoms with E-state index in [1.807, 2.05) is 30.5 Å². The normalized spacial score (nSPS) is 10.7. The van der Waals surface area contributed by atoms with Crippen LogP contribution in [0.3, 0.4) is 0 Å². The minimum Gasteiger partial charge on any atom is -0.399 e. The summed E-state index contributed by atoms with van der Waals surface area (Å²) in [4.78, 5) is 15.2. The Labute approximate surface area is 126 Å². The van der Waals surface area contributed by atoms with Gasteiger partial charge < -0.3 is 16.0 Å². The zero-order chi connectivity index (χ0) is 14.8. The minimum absolute atomic E-state index is 0.114. The molecule has 1 aromatic heterocycles. The van der Waals surface area contributed by atoms with Gasteiger partial charge in [0.25, 0.3) is 0 Å². The molecule has 0 aliphatic carbocycles. The summed E-state index contributed by atoms with van der Waals surface area (Å²) in [7, 11) is 0. The molecule has 3 rings (SSSR count). The van der Waals surface area contributed by atoms with E-state index in [4.69, 9.17) is 17.3 Å². The molecule has 2 aromatic carbocycles. The first-order chi connectivity index (χ1) is 10.1. The molecule has 0 spiro atoms. The number of anilines is 2. The van der Waals surface area contributed by atoms with E-state index in [9.17, 15) is 4.79 Å². The Bertz CT molecular complexity index is 810. The highest BCUT2D eigenvalue weighted by atomic mass is 35.5. The van der Waals surface area contributed by atoms with Crippen LogP contribution >= 0.6 is 11.6 Å². The van der Waals surface area contributed by atoms with Gasteiger partial charge in [0, 0.05) is 17.4 Å². The highest BCUT2D eigenvalue weighted by molar-refractivity contribution is 6.34. The predicted molar refractivity (Wildman–Crippen MR) is 86.5 cm³/mol. The molecular formula is C16H14ClN3O. The molecule has 106 valence electrons. The Balaban J connectivity index is 1.73. The number of aromatic amines is 1. The number of carbonyl (C=O) groups excluding carboxylic acids is 1. The molecule has 0 radical (unpaired) electrons. The van der Waals surface area contributed by atoms with E-state index in [0.29, 0.717) is 22.8 Å². The van der Waals surface area contributed by atoms with Gasteiger partial charge in [0.2, 0.25) is 5.91 Å². The second-order valence-corrected chi connectivity index (χ2v) is 5.27. The summed E-state index contributed by atoms with van der Waals surface area (Å²) in [6, 6.07) is 12.9. The van der Waals surface area contributed by atoms with Gasteiger partial charge in [0.05, 0.1) is 17.1 Å². The number of benzene rings is 2. The van der Waals surface area contributed by atoms with Crippen molar-refractivity contribution in [3.8, 4) is 0 Å². The van der Waals surface area contributed by atoms with Gasteiger partial charge in [-0.15, -0.1) is 0 Å². The highest BCUT2D eigenvalue weighted by Crippen LogP contribution is 2.24. The van der Waals surface area contributed by atoms with Gasteiger partial charge in [-0.3, -0.25) is 4.79 Å². The molecule has 4 N–H and O–H groups in total. The van der Waals surface area contributed by atoms with Crippen LogP contribution in [0.25, 0.3) is 10.9 Å². The Morgan fingerprint density at radius 2 is 2.05 bits per heavy atom. The number of nitrogens with one attached hydrogen (secondary N) is 2. The molecule has 3 aromatic rings. The standard InChI is InChI=1S/C16H14ClN3O/c17-13-9-12(18)2-4-15(13)20-16(21)8-10-1-3-14-11(7-10)5-6-19-14/h1-7,9,19H,8,18H2,(H,20,21). The Kier molecular flexibility index (Phi) is 3.54. The first-order valence-corrected chi connectivity index (χ1v) is 6.90. The van der Waals surface area contributed by atoms with Crippen LogP contribution in [0.4, 0.5) is 11.4 Å². The van der Waals surface area contributed by atoms with Crippen LogP contribution in [0.5, 0.6) is 0 Å². The van der Waals surface area contributed by atoms with Crippen molar-refractivity contribution in [2.45, 2.75) is 6.42 Å². The monoisotopic (exact) mass is 299 g/mol. The number of H-pyrrole nitrogens is 1. The van der Waals surface area contributed by atoms with Gasteiger partial charge in [-0.25, -0.2) is 0 Å². The van der Waals surface area contributed by atoms with Gasteiger partial charge in [-0.05, 0) is 47.3 Å². The average Bonchev–Trinajstić information content (AvgIpc) is 2.89. The second kappa shape index (κ2) is 5.50. The number of carbonyl (C=O) groups is 1. The number of halogens is 1. The molecular weight excluding hydrogens is 286 g/mol. The van der Waals surface area contributed by atoms with Crippen molar-refractivity contribution < 1.29 is 4.79 Å². The van der Waals surface area contributed by atoms with Crippen molar-refractivity contribution in [2.75, 3.05) is 11.1 Å². The van der Waals surface area contributed by atoms with Crippen molar-refractivity contribution in [3.05, 3.63) is 59.2 Å². The first kappa shape index (κ1) is 13.5. The maximum Gasteiger partial charge on any atom is 0.228 e. The first-order valence-electron chi connectivity index (χ1n) is 6.53. The summed E-state index contributed by atoms with van der Waals surface area (Å²) in [5.41, 5.74) is 8.76. The molecule has 0 unspecified atom stereocenters. The van der Waals surface area contributed by atoms with Gasteiger partial charge in [0.1, 0.15) is 0 Å². The molecule has 4 nitrogen and oxygen atoms in total.